The van der Waals surface area contributed by atoms with Crippen LogP contribution in [0.1, 0.15) is 44.5 Å². The fraction of sp³-hybridized carbons (Fsp3) is 0.533. The van der Waals surface area contributed by atoms with Crippen molar-refractivity contribution in [3.05, 3.63) is 22.7 Å². The summed E-state index contributed by atoms with van der Waals surface area (Å²) in [5.74, 6) is 0.499. The monoisotopic (exact) mass is 308 g/mol. The third-order valence-electron chi connectivity index (χ3n) is 4.51. The van der Waals surface area contributed by atoms with Crippen LogP contribution in [0.4, 0.5) is 0 Å². The molecule has 112 valence electrons. The minimum Gasteiger partial charge on any atom is -0.491 e. The van der Waals surface area contributed by atoms with Crippen LogP contribution in [0.15, 0.2) is 12.1 Å². The van der Waals surface area contributed by atoms with E-state index in [1.54, 1.807) is 12.1 Å². The van der Waals surface area contributed by atoms with E-state index in [9.17, 15) is 4.79 Å². The minimum absolute atomic E-state index is 0.0543. The molecular weight excluding hydrogens is 290 g/mol. The first-order chi connectivity index (χ1) is 9.73. The van der Waals surface area contributed by atoms with Gasteiger partial charge >= 0.3 is 7.12 Å². The van der Waals surface area contributed by atoms with Crippen LogP contribution in [0.5, 0.6) is 5.75 Å². The highest BCUT2D eigenvalue weighted by molar-refractivity contribution is 6.66. The molecule has 0 aromatic heterocycles. The lowest BCUT2D eigenvalue weighted by atomic mass is 9.78. The van der Waals surface area contributed by atoms with Crippen LogP contribution in [-0.4, -0.2) is 30.7 Å². The fourth-order valence-corrected chi connectivity index (χ4v) is 2.77. The molecule has 0 aliphatic carbocycles. The van der Waals surface area contributed by atoms with E-state index in [1.165, 1.54) is 0 Å². The summed E-state index contributed by atoms with van der Waals surface area (Å²) in [6.45, 7) is 8.30. The number of fused-ring (bicyclic) bond motifs is 1. The van der Waals surface area contributed by atoms with Crippen molar-refractivity contribution < 1.29 is 18.8 Å². The lowest BCUT2D eigenvalue weighted by Crippen LogP contribution is -2.41. The first-order valence-corrected chi connectivity index (χ1v) is 7.45. The van der Waals surface area contributed by atoms with Crippen LogP contribution in [0.3, 0.4) is 0 Å². The molecule has 1 aromatic carbocycles. The Kier molecular flexibility index (Phi) is 3.35. The number of ketones is 1. The van der Waals surface area contributed by atoms with E-state index in [2.05, 4.69) is 0 Å². The molecule has 3 rings (SSSR count). The second-order valence-corrected chi connectivity index (χ2v) is 6.83. The molecule has 0 amide bonds. The Labute approximate surface area is 129 Å². The third-order valence-corrected chi connectivity index (χ3v) is 4.90. The van der Waals surface area contributed by atoms with Crippen LogP contribution in [-0.2, 0) is 9.31 Å². The molecular formula is C15H18BClO4. The molecule has 1 aromatic rings. The van der Waals surface area contributed by atoms with Crippen molar-refractivity contribution in [2.24, 2.45) is 0 Å². The predicted molar refractivity (Wildman–Crippen MR) is 81.6 cm³/mol. The van der Waals surface area contributed by atoms with Gasteiger partial charge in [0, 0.05) is 11.9 Å². The van der Waals surface area contributed by atoms with Gasteiger partial charge in [-0.3, -0.25) is 4.79 Å². The largest absolute Gasteiger partial charge is 0.496 e. The summed E-state index contributed by atoms with van der Waals surface area (Å²) in [7, 11) is -0.562. The number of ether oxygens (including phenoxy) is 1. The minimum atomic E-state index is -0.562. The number of halogens is 1. The van der Waals surface area contributed by atoms with Crippen LogP contribution in [0.2, 0.25) is 5.02 Å². The number of carbonyl (C=O) groups is 1. The van der Waals surface area contributed by atoms with E-state index in [4.69, 9.17) is 25.6 Å². The molecule has 0 bridgehead atoms. The molecule has 4 nitrogen and oxygen atoms in total. The second kappa shape index (κ2) is 4.73. The molecule has 2 aliphatic heterocycles. The van der Waals surface area contributed by atoms with E-state index in [1.807, 2.05) is 27.7 Å². The van der Waals surface area contributed by atoms with Crippen molar-refractivity contribution in [2.45, 2.75) is 45.3 Å². The highest BCUT2D eigenvalue weighted by Gasteiger charge is 2.52. The van der Waals surface area contributed by atoms with Crippen molar-refractivity contribution in [3.8, 4) is 5.75 Å². The van der Waals surface area contributed by atoms with E-state index >= 15 is 0 Å². The van der Waals surface area contributed by atoms with Gasteiger partial charge in [0.2, 0.25) is 0 Å². The van der Waals surface area contributed by atoms with Crippen molar-refractivity contribution in [1.29, 1.82) is 0 Å². The van der Waals surface area contributed by atoms with Gasteiger partial charge in [-0.1, -0.05) is 17.7 Å². The second-order valence-electron chi connectivity index (χ2n) is 6.46. The SMILES string of the molecule is CC1(C)OB(c2ccc3c(c2Cl)OCCC3=O)OC1(C)C. The maximum absolute atomic E-state index is 11.9. The average Bonchev–Trinajstić information content (AvgIpc) is 2.60. The van der Waals surface area contributed by atoms with Crippen LogP contribution < -0.4 is 10.2 Å². The summed E-state index contributed by atoms with van der Waals surface area (Å²) in [5.41, 5.74) is 0.358. The van der Waals surface area contributed by atoms with E-state index in [-0.39, 0.29) is 5.78 Å². The maximum Gasteiger partial charge on any atom is 0.496 e. The number of benzene rings is 1. The quantitative estimate of drug-likeness (QED) is 0.748. The lowest BCUT2D eigenvalue weighted by molar-refractivity contribution is 0.00578. The number of hydrogen-bond acceptors (Lipinski definition) is 4. The van der Waals surface area contributed by atoms with Gasteiger partial charge in [-0.05, 0) is 33.8 Å². The van der Waals surface area contributed by atoms with Crippen LogP contribution in [0, 0.1) is 0 Å². The van der Waals surface area contributed by atoms with Crippen molar-refractivity contribution in [1.82, 2.24) is 0 Å². The smallest absolute Gasteiger partial charge is 0.491 e. The molecule has 0 radical (unpaired) electrons. The molecule has 2 aliphatic rings. The first kappa shape index (κ1) is 14.9. The van der Waals surface area contributed by atoms with Gasteiger partial charge in [0.15, 0.2) is 5.78 Å². The average molecular weight is 309 g/mol. The van der Waals surface area contributed by atoms with Crippen LogP contribution in [0.25, 0.3) is 0 Å². The van der Waals surface area contributed by atoms with Gasteiger partial charge in [-0.15, -0.1) is 0 Å². The lowest BCUT2D eigenvalue weighted by Gasteiger charge is -2.32. The number of hydrogen-bond donors (Lipinski definition) is 0. The van der Waals surface area contributed by atoms with Gasteiger partial charge in [0.25, 0.3) is 0 Å². The first-order valence-electron chi connectivity index (χ1n) is 7.07. The Hall–Kier alpha value is -1.04. The molecule has 1 saturated heterocycles. The molecule has 6 heteroatoms. The number of rotatable bonds is 1. The Bertz CT molecular complexity index is 596. The zero-order valence-corrected chi connectivity index (χ0v) is 13.4. The standard InChI is InChI=1S/C15H18BClO4/c1-14(2)15(3,4)21-16(20-14)10-6-5-9-11(18)7-8-19-13(9)12(10)17/h5-6H,7-8H2,1-4H3. The van der Waals surface area contributed by atoms with Crippen LogP contribution >= 0.6 is 11.6 Å². The van der Waals surface area contributed by atoms with Crippen molar-refractivity contribution in [3.63, 3.8) is 0 Å². The maximum atomic E-state index is 11.9. The summed E-state index contributed by atoms with van der Waals surface area (Å²) in [4.78, 5) is 11.9. The van der Waals surface area contributed by atoms with Gasteiger partial charge in [0.1, 0.15) is 5.75 Å². The number of Topliss-reactive ketones (excluding diaryl/α,β-unsaturated/α-hetero) is 1. The van der Waals surface area contributed by atoms with E-state index in [0.717, 1.165) is 0 Å². The summed E-state index contributed by atoms with van der Waals surface area (Å²) >= 11 is 6.42. The van der Waals surface area contributed by atoms with E-state index < -0.39 is 18.3 Å². The van der Waals surface area contributed by atoms with Gasteiger partial charge < -0.3 is 14.0 Å². The molecule has 0 atom stereocenters. The highest BCUT2D eigenvalue weighted by Crippen LogP contribution is 2.39. The summed E-state index contributed by atoms with van der Waals surface area (Å²) < 4.78 is 17.6. The van der Waals surface area contributed by atoms with Gasteiger partial charge in [-0.2, -0.15) is 0 Å². The Balaban J connectivity index is 2.00. The Morgan fingerprint density at radius 3 is 2.38 bits per heavy atom. The predicted octanol–water partition coefficient (Wildman–Crippen LogP) is 2.60. The Morgan fingerprint density at radius 1 is 1.14 bits per heavy atom. The molecule has 0 saturated carbocycles. The molecule has 0 N–H and O–H groups in total. The van der Waals surface area contributed by atoms with Crippen molar-refractivity contribution >= 4 is 30.0 Å². The zero-order chi connectivity index (χ0) is 15.4. The third kappa shape index (κ3) is 2.28. The Morgan fingerprint density at radius 2 is 1.76 bits per heavy atom. The van der Waals surface area contributed by atoms with Crippen molar-refractivity contribution in [2.75, 3.05) is 6.61 Å². The number of carbonyl (C=O) groups excluding carboxylic acids is 1. The van der Waals surface area contributed by atoms with E-state index in [0.29, 0.717) is 34.8 Å². The zero-order valence-electron chi connectivity index (χ0n) is 12.7. The normalized spacial score (nSPS) is 22.9. The molecule has 0 unspecified atom stereocenters. The molecule has 2 heterocycles. The highest BCUT2D eigenvalue weighted by atomic mass is 35.5. The van der Waals surface area contributed by atoms with Gasteiger partial charge in [0.05, 0.1) is 28.4 Å². The fourth-order valence-electron chi connectivity index (χ4n) is 2.46. The molecule has 21 heavy (non-hydrogen) atoms. The summed E-state index contributed by atoms with van der Waals surface area (Å²) in [6.07, 6.45) is 0.388. The molecule has 1 fully saturated rings. The summed E-state index contributed by atoms with van der Waals surface area (Å²) in [6, 6.07) is 3.53. The molecule has 0 spiro atoms. The summed E-state index contributed by atoms with van der Waals surface area (Å²) in [5, 5.41) is 0.402. The van der Waals surface area contributed by atoms with Gasteiger partial charge in [-0.25, -0.2) is 0 Å². The topological polar surface area (TPSA) is 44.8 Å².